The van der Waals surface area contributed by atoms with E-state index in [0.717, 1.165) is 19.6 Å². The highest BCUT2D eigenvalue weighted by Gasteiger charge is 2.02. The Morgan fingerprint density at radius 2 is 2.36 bits per heavy atom. The van der Waals surface area contributed by atoms with Gasteiger partial charge in [-0.05, 0) is 37.3 Å². The van der Waals surface area contributed by atoms with Gasteiger partial charge < -0.3 is 10.1 Å². The molecule has 1 unspecified atom stereocenters. The first-order valence-corrected chi connectivity index (χ1v) is 5.87. The van der Waals surface area contributed by atoms with Gasteiger partial charge in [0.2, 0.25) is 0 Å². The zero-order valence-electron chi connectivity index (χ0n) is 9.17. The van der Waals surface area contributed by atoms with Gasteiger partial charge in [0.25, 0.3) is 0 Å². The van der Waals surface area contributed by atoms with Crippen molar-refractivity contribution < 1.29 is 4.74 Å². The fourth-order valence-electron chi connectivity index (χ4n) is 1.40. The largest absolute Gasteiger partial charge is 0.383 e. The predicted octanol–water partition coefficient (Wildman–Crippen LogP) is 2.22. The second kappa shape index (κ2) is 6.17. The fraction of sp³-hybridized carbons (Fsp3) is 0.636. The van der Waals surface area contributed by atoms with E-state index in [1.54, 1.807) is 7.11 Å². The van der Waals surface area contributed by atoms with E-state index in [2.05, 4.69) is 30.6 Å². The number of hydrogen-bond acceptors (Lipinski definition) is 3. The van der Waals surface area contributed by atoms with Crippen LogP contribution in [0.3, 0.4) is 0 Å². The Morgan fingerprint density at radius 1 is 1.57 bits per heavy atom. The summed E-state index contributed by atoms with van der Waals surface area (Å²) in [6.07, 6.45) is 1.12. The maximum atomic E-state index is 5.06. The minimum atomic E-state index is 0.445. The van der Waals surface area contributed by atoms with Crippen molar-refractivity contribution >= 4 is 11.3 Å². The second-order valence-corrected chi connectivity index (χ2v) is 4.59. The van der Waals surface area contributed by atoms with Crippen LogP contribution in [0.1, 0.15) is 17.4 Å². The SMILES string of the molecule is COCC(C)NCCc1sccc1C. The molecule has 0 radical (unpaired) electrons. The molecule has 1 heterocycles. The lowest BCUT2D eigenvalue weighted by molar-refractivity contribution is 0.172. The van der Waals surface area contributed by atoms with Gasteiger partial charge in [-0.25, -0.2) is 0 Å². The maximum Gasteiger partial charge on any atom is 0.0613 e. The first kappa shape index (κ1) is 11.7. The molecular weight excluding hydrogens is 194 g/mol. The molecule has 2 nitrogen and oxygen atoms in total. The summed E-state index contributed by atoms with van der Waals surface area (Å²) in [6.45, 7) is 6.13. The van der Waals surface area contributed by atoms with Gasteiger partial charge in [0, 0.05) is 24.6 Å². The van der Waals surface area contributed by atoms with Gasteiger partial charge in [0.05, 0.1) is 6.61 Å². The van der Waals surface area contributed by atoms with E-state index in [-0.39, 0.29) is 0 Å². The Hall–Kier alpha value is -0.380. The Labute approximate surface area is 90.3 Å². The summed E-state index contributed by atoms with van der Waals surface area (Å²) in [5.41, 5.74) is 1.41. The van der Waals surface area contributed by atoms with Crippen LogP contribution in [0.4, 0.5) is 0 Å². The summed E-state index contributed by atoms with van der Waals surface area (Å²) in [6, 6.07) is 2.62. The summed E-state index contributed by atoms with van der Waals surface area (Å²) < 4.78 is 5.06. The molecule has 0 bridgehead atoms. The highest BCUT2D eigenvalue weighted by atomic mass is 32.1. The third-order valence-electron chi connectivity index (χ3n) is 2.23. The standard InChI is InChI=1S/C11H19NOS/c1-9-5-7-14-11(9)4-6-12-10(2)8-13-3/h5,7,10,12H,4,6,8H2,1-3H3. The molecule has 0 amide bonds. The summed E-state index contributed by atoms with van der Waals surface area (Å²) in [5.74, 6) is 0. The first-order chi connectivity index (χ1) is 6.74. The smallest absolute Gasteiger partial charge is 0.0613 e. The monoisotopic (exact) mass is 213 g/mol. The van der Waals surface area contributed by atoms with Crippen molar-refractivity contribution in [1.29, 1.82) is 0 Å². The summed E-state index contributed by atoms with van der Waals surface area (Å²) in [5, 5.41) is 5.59. The molecule has 0 aromatic carbocycles. The molecule has 0 aliphatic rings. The highest BCUT2D eigenvalue weighted by Crippen LogP contribution is 2.15. The Bertz CT molecular complexity index is 260. The van der Waals surface area contributed by atoms with E-state index in [9.17, 15) is 0 Å². The van der Waals surface area contributed by atoms with Crippen LogP contribution in [0.2, 0.25) is 0 Å². The third-order valence-corrected chi connectivity index (χ3v) is 3.31. The average molecular weight is 213 g/mol. The fourth-order valence-corrected chi connectivity index (χ4v) is 2.31. The number of hydrogen-bond donors (Lipinski definition) is 1. The van der Waals surface area contributed by atoms with E-state index in [1.807, 2.05) is 11.3 Å². The molecule has 1 atom stereocenters. The van der Waals surface area contributed by atoms with Crippen molar-refractivity contribution in [2.24, 2.45) is 0 Å². The molecule has 1 aromatic rings. The first-order valence-electron chi connectivity index (χ1n) is 4.99. The van der Waals surface area contributed by atoms with Crippen LogP contribution in [0.15, 0.2) is 11.4 Å². The Morgan fingerprint density at radius 3 is 2.93 bits per heavy atom. The number of methoxy groups -OCH3 is 1. The number of thiophene rings is 1. The lowest BCUT2D eigenvalue weighted by Crippen LogP contribution is -2.31. The summed E-state index contributed by atoms with van der Waals surface area (Å²) in [7, 11) is 1.74. The molecule has 1 aromatic heterocycles. The molecular formula is C11H19NOS. The molecule has 1 N–H and O–H groups in total. The molecule has 1 rings (SSSR count). The van der Waals surface area contributed by atoms with E-state index in [4.69, 9.17) is 4.74 Å². The number of ether oxygens (including phenoxy) is 1. The molecule has 0 aliphatic carbocycles. The normalized spacial score (nSPS) is 13.1. The second-order valence-electron chi connectivity index (χ2n) is 3.59. The van der Waals surface area contributed by atoms with Crippen LogP contribution in [0.5, 0.6) is 0 Å². The van der Waals surface area contributed by atoms with Crippen LogP contribution >= 0.6 is 11.3 Å². The van der Waals surface area contributed by atoms with Gasteiger partial charge >= 0.3 is 0 Å². The topological polar surface area (TPSA) is 21.3 Å². The predicted molar refractivity (Wildman–Crippen MR) is 62.1 cm³/mol. The number of rotatable bonds is 6. The van der Waals surface area contributed by atoms with Crippen molar-refractivity contribution in [2.45, 2.75) is 26.3 Å². The summed E-state index contributed by atoms with van der Waals surface area (Å²) >= 11 is 1.84. The van der Waals surface area contributed by atoms with Gasteiger partial charge in [0.15, 0.2) is 0 Å². The minimum Gasteiger partial charge on any atom is -0.383 e. The van der Waals surface area contributed by atoms with E-state index in [1.165, 1.54) is 10.4 Å². The zero-order chi connectivity index (χ0) is 10.4. The van der Waals surface area contributed by atoms with Crippen molar-refractivity contribution in [1.82, 2.24) is 5.32 Å². The van der Waals surface area contributed by atoms with E-state index in [0.29, 0.717) is 6.04 Å². The third kappa shape index (κ3) is 3.78. The molecule has 0 fully saturated rings. The lowest BCUT2D eigenvalue weighted by Gasteiger charge is -2.11. The van der Waals surface area contributed by atoms with Crippen LogP contribution in [0.25, 0.3) is 0 Å². The van der Waals surface area contributed by atoms with E-state index >= 15 is 0 Å². The van der Waals surface area contributed by atoms with Crippen LogP contribution in [0, 0.1) is 6.92 Å². The van der Waals surface area contributed by atoms with Crippen LogP contribution < -0.4 is 5.32 Å². The van der Waals surface area contributed by atoms with Crippen LogP contribution in [-0.4, -0.2) is 26.3 Å². The molecule has 14 heavy (non-hydrogen) atoms. The number of nitrogens with one attached hydrogen (secondary N) is 1. The molecule has 80 valence electrons. The number of aryl methyl sites for hydroxylation is 1. The van der Waals surface area contributed by atoms with Gasteiger partial charge in [-0.15, -0.1) is 11.3 Å². The van der Waals surface area contributed by atoms with Gasteiger partial charge in [-0.3, -0.25) is 0 Å². The van der Waals surface area contributed by atoms with Crippen molar-refractivity contribution in [2.75, 3.05) is 20.3 Å². The highest BCUT2D eigenvalue weighted by molar-refractivity contribution is 7.10. The van der Waals surface area contributed by atoms with Crippen molar-refractivity contribution in [3.63, 3.8) is 0 Å². The minimum absolute atomic E-state index is 0.445. The quantitative estimate of drug-likeness (QED) is 0.782. The molecule has 0 saturated heterocycles. The maximum absolute atomic E-state index is 5.06. The van der Waals surface area contributed by atoms with E-state index < -0.39 is 0 Å². The Balaban J connectivity index is 2.19. The average Bonchev–Trinajstić information content (AvgIpc) is 2.52. The summed E-state index contributed by atoms with van der Waals surface area (Å²) in [4.78, 5) is 1.49. The van der Waals surface area contributed by atoms with Gasteiger partial charge in [-0.2, -0.15) is 0 Å². The molecule has 0 aliphatic heterocycles. The van der Waals surface area contributed by atoms with Gasteiger partial charge in [0.1, 0.15) is 0 Å². The molecule has 0 spiro atoms. The van der Waals surface area contributed by atoms with Crippen molar-refractivity contribution in [3.05, 3.63) is 21.9 Å². The Kier molecular flexibility index (Phi) is 5.15. The van der Waals surface area contributed by atoms with Gasteiger partial charge in [-0.1, -0.05) is 0 Å². The molecule has 0 saturated carbocycles. The van der Waals surface area contributed by atoms with Crippen LogP contribution in [-0.2, 0) is 11.2 Å². The van der Waals surface area contributed by atoms with Crippen molar-refractivity contribution in [3.8, 4) is 0 Å². The molecule has 3 heteroatoms. The zero-order valence-corrected chi connectivity index (χ0v) is 9.99. The lowest BCUT2D eigenvalue weighted by atomic mass is 10.2.